The van der Waals surface area contributed by atoms with Crippen LogP contribution in [0, 0.1) is 17.7 Å². The second-order valence-electron chi connectivity index (χ2n) is 7.40. The van der Waals surface area contributed by atoms with Crippen LogP contribution in [0.2, 0.25) is 0 Å². The van der Waals surface area contributed by atoms with E-state index in [0.717, 1.165) is 33.0 Å². The molecule has 0 radical (unpaired) electrons. The Bertz CT molecular complexity index is 1070. The van der Waals surface area contributed by atoms with Gasteiger partial charge < -0.3 is 10.4 Å². The maximum atomic E-state index is 13.0. The minimum atomic E-state index is -0.893. The van der Waals surface area contributed by atoms with Crippen LogP contribution in [0.4, 0.5) is 10.1 Å². The van der Waals surface area contributed by atoms with Crippen LogP contribution >= 0.6 is 23.1 Å². The molecule has 8 heteroatoms. The van der Waals surface area contributed by atoms with Crippen LogP contribution in [0.1, 0.15) is 31.2 Å². The minimum absolute atomic E-state index is 0.225. The van der Waals surface area contributed by atoms with Crippen molar-refractivity contribution >= 4 is 50.9 Å². The lowest BCUT2D eigenvalue weighted by Crippen LogP contribution is -2.36. The van der Waals surface area contributed by atoms with Gasteiger partial charge in [0.2, 0.25) is 5.91 Å². The van der Waals surface area contributed by atoms with Crippen LogP contribution in [0.15, 0.2) is 46.8 Å². The van der Waals surface area contributed by atoms with Gasteiger partial charge in [0.1, 0.15) is 5.82 Å². The number of carbonyl (C=O) groups is 2. The summed E-state index contributed by atoms with van der Waals surface area (Å²) in [5, 5.41) is 12.3. The van der Waals surface area contributed by atoms with Crippen LogP contribution in [-0.2, 0) is 15.3 Å². The summed E-state index contributed by atoms with van der Waals surface area (Å²) in [7, 11) is 0. The van der Waals surface area contributed by atoms with Gasteiger partial charge in [-0.15, -0.1) is 11.3 Å². The van der Waals surface area contributed by atoms with E-state index >= 15 is 0 Å². The number of hydrogen-bond acceptors (Lipinski definition) is 5. The molecule has 0 saturated heterocycles. The number of aliphatic carboxylic acids is 1. The van der Waals surface area contributed by atoms with Gasteiger partial charge in [0.25, 0.3) is 0 Å². The number of carboxylic acids is 1. The van der Waals surface area contributed by atoms with Crippen molar-refractivity contribution < 1.29 is 19.1 Å². The first-order valence-corrected chi connectivity index (χ1v) is 11.6. The Morgan fingerprint density at radius 2 is 1.87 bits per heavy atom. The summed E-state index contributed by atoms with van der Waals surface area (Å²) in [6, 6.07) is 12.0. The van der Waals surface area contributed by atoms with Gasteiger partial charge in [0, 0.05) is 11.4 Å². The van der Waals surface area contributed by atoms with Gasteiger partial charge in [-0.1, -0.05) is 36.7 Å². The lowest BCUT2D eigenvalue weighted by atomic mass is 9.78. The molecule has 1 amide bonds. The summed E-state index contributed by atoms with van der Waals surface area (Å²) >= 11 is 3.12. The molecule has 0 aliphatic heterocycles. The number of amides is 1. The van der Waals surface area contributed by atoms with Gasteiger partial charge in [0.15, 0.2) is 4.34 Å². The Morgan fingerprint density at radius 3 is 2.60 bits per heavy atom. The van der Waals surface area contributed by atoms with Crippen molar-refractivity contribution in [3.05, 3.63) is 53.8 Å². The van der Waals surface area contributed by atoms with Gasteiger partial charge in [-0.05, 0) is 48.7 Å². The SMILES string of the molecule is O=C(O)[C@@H]1CCCC[C@H]1C(=O)Nc1ccc2nc(SCc3ccc(F)cc3)sc2c1. The number of thioether (sulfide) groups is 1. The molecule has 2 aromatic carbocycles. The van der Waals surface area contributed by atoms with Crippen LogP contribution in [0.5, 0.6) is 0 Å². The van der Waals surface area contributed by atoms with Crippen molar-refractivity contribution in [2.75, 3.05) is 5.32 Å². The quantitative estimate of drug-likeness (QED) is 0.487. The number of rotatable bonds is 6. The normalized spacial score (nSPS) is 19.0. The van der Waals surface area contributed by atoms with Crippen LogP contribution in [0.25, 0.3) is 10.2 Å². The number of carbonyl (C=O) groups excluding carboxylic acids is 1. The highest BCUT2D eigenvalue weighted by atomic mass is 32.2. The van der Waals surface area contributed by atoms with Gasteiger partial charge >= 0.3 is 5.97 Å². The Hall–Kier alpha value is -2.45. The fourth-order valence-corrected chi connectivity index (χ4v) is 5.81. The van der Waals surface area contributed by atoms with E-state index in [4.69, 9.17) is 0 Å². The second-order valence-corrected chi connectivity index (χ2v) is 9.66. The van der Waals surface area contributed by atoms with Gasteiger partial charge in [-0.25, -0.2) is 9.37 Å². The predicted octanol–water partition coefficient (Wildman–Crippen LogP) is 5.56. The maximum absolute atomic E-state index is 13.0. The average Bonchev–Trinajstić information content (AvgIpc) is 3.15. The summed E-state index contributed by atoms with van der Waals surface area (Å²) in [4.78, 5) is 28.8. The van der Waals surface area contributed by atoms with Crippen LogP contribution in [-0.4, -0.2) is 22.0 Å². The summed E-state index contributed by atoms with van der Waals surface area (Å²) in [5.74, 6) is -1.77. The molecular weight excluding hydrogens is 423 g/mol. The van der Waals surface area contributed by atoms with Gasteiger partial charge in [0.05, 0.1) is 22.1 Å². The summed E-state index contributed by atoms with van der Waals surface area (Å²) in [5.41, 5.74) is 2.52. The molecule has 1 fully saturated rings. The zero-order valence-electron chi connectivity index (χ0n) is 16.1. The summed E-state index contributed by atoms with van der Waals surface area (Å²) < 4.78 is 14.9. The van der Waals surface area contributed by atoms with E-state index in [1.165, 1.54) is 23.5 Å². The molecule has 5 nitrogen and oxygen atoms in total. The molecule has 0 bridgehead atoms. The number of nitrogens with one attached hydrogen (secondary N) is 1. The summed E-state index contributed by atoms with van der Waals surface area (Å²) in [6.45, 7) is 0. The largest absolute Gasteiger partial charge is 0.481 e. The molecule has 2 N–H and O–H groups in total. The molecule has 4 rings (SSSR count). The Kier molecular flexibility index (Phi) is 6.34. The molecular formula is C22H21FN2O3S2. The third-order valence-corrected chi connectivity index (χ3v) is 7.56. The fourth-order valence-electron chi connectivity index (χ4n) is 3.74. The third-order valence-electron chi connectivity index (χ3n) is 5.33. The van der Waals surface area contributed by atoms with E-state index < -0.39 is 17.8 Å². The number of benzene rings is 2. The number of hydrogen-bond donors (Lipinski definition) is 2. The van der Waals surface area contributed by atoms with Crippen molar-refractivity contribution in [2.45, 2.75) is 35.8 Å². The standard InChI is InChI=1S/C22H21FN2O3S2/c23-14-7-5-13(6-8-14)12-29-22-25-18-10-9-15(11-19(18)30-22)24-20(26)16-3-1-2-4-17(16)21(27)28/h5-11,16-17H,1-4,12H2,(H,24,26)(H,27,28)/t16-,17-/m1/s1. The number of halogens is 1. The topological polar surface area (TPSA) is 79.3 Å². The number of aromatic nitrogens is 1. The molecule has 1 heterocycles. The van der Waals surface area contributed by atoms with Crippen molar-refractivity contribution in [1.29, 1.82) is 0 Å². The minimum Gasteiger partial charge on any atom is -0.481 e. The van der Waals surface area contributed by atoms with Crippen molar-refractivity contribution in [3.8, 4) is 0 Å². The zero-order valence-corrected chi connectivity index (χ0v) is 17.8. The van der Waals surface area contributed by atoms with Crippen LogP contribution in [0.3, 0.4) is 0 Å². The number of nitrogens with zero attached hydrogens (tertiary/aromatic N) is 1. The summed E-state index contributed by atoms with van der Waals surface area (Å²) in [6.07, 6.45) is 2.89. The molecule has 0 unspecified atom stereocenters. The molecule has 1 aliphatic rings. The van der Waals surface area contributed by atoms with E-state index in [2.05, 4.69) is 10.3 Å². The molecule has 1 saturated carbocycles. The first kappa shape index (κ1) is 20.8. The van der Waals surface area contributed by atoms with Gasteiger partial charge in [-0.2, -0.15) is 0 Å². The Labute approximate surface area is 181 Å². The zero-order chi connectivity index (χ0) is 21.1. The van der Waals surface area contributed by atoms with E-state index in [1.807, 2.05) is 12.1 Å². The predicted molar refractivity (Wildman–Crippen MR) is 117 cm³/mol. The highest BCUT2D eigenvalue weighted by Crippen LogP contribution is 2.34. The first-order chi connectivity index (χ1) is 14.5. The molecule has 3 aromatic rings. The van der Waals surface area contributed by atoms with E-state index in [0.29, 0.717) is 24.3 Å². The number of carboxylic acid groups (broad SMARTS) is 1. The molecule has 1 aromatic heterocycles. The third kappa shape index (κ3) is 4.82. The van der Waals surface area contributed by atoms with E-state index in [-0.39, 0.29) is 11.7 Å². The second kappa shape index (κ2) is 9.14. The highest BCUT2D eigenvalue weighted by molar-refractivity contribution is 8.00. The Balaban J connectivity index is 1.43. The van der Waals surface area contributed by atoms with Crippen molar-refractivity contribution in [2.24, 2.45) is 11.8 Å². The molecule has 156 valence electrons. The van der Waals surface area contributed by atoms with Crippen molar-refractivity contribution in [1.82, 2.24) is 4.98 Å². The number of anilines is 1. The monoisotopic (exact) mass is 444 g/mol. The first-order valence-electron chi connectivity index (χ1n) is 9.81. The lowest BCUT2D eigenvalue weighted by Gasteiger charge is -2.27. The lowest BCUT2D eigenvalue weighted by molar-refractivity contribution is -0.147. The highest BCUT2D eigenvalue weighted by Gasteiger charge is 2.35. The number of thiazole rings is 1. The van der Waals surface area contributed by atoms with E-state index in [9.17, 15) is 19.1 Å². The molecule has 2 atom stereocenters. The average molecular weight is 445 g/mol. The smallest absolute Gasteiger partial charge is 0.307 e. The fraction of sp³-hybridized carbons (Fsp3) is 0.318. The van der Waals surface area contributed by atoms with Crippen LogP contribution < -0.4 is 5.32 Å². The molecule has 0 spiro atoms. The number of fused-ring (bicyclic) bond motifs is 1. The van der Waals surface area contributed by atoms with E-state index in [1.54, 1.807) is 30.0 Å². The van der Waals surface area contributed by atoms with Crippen molar-refractivity contribution in [3.63, 3.8) is 0 Å². The maximum Gasteiger partial charge on any atom is 0.307 e. The molecule has 30 heavy (non-hydrogen) atoms. The Morgan fingerprint density at radius 1 is 1.13 bits per heavy atom. The molecule has 1 aliphatic carbocycles. The van der Waals surface area contributed by atoms with Gasteiger partial charge in [-0.3, -0.25) is 9.59 Å².